The van der Waals surface area contributed by atoms with Crippen molar-refractivity contribution in [1.29, 1.82) is 0 Å². The Bertz CT molecular complexity index is 947. The van der Waals surface area contributed by atoms with Crippen LogP contribution in [0.15, 0.2) is 35.1 Å². The maximum Gasteiger partial charge on any atom is 0.271 e. The Labute approximate surface area is 170 Å². The van der Waals surface area contributed by atoms with E-state index in [9.17, 15) is 9.59 Å². The van der Waals surface area contributed by atoms with Crippen LogP contribution in [0.5, 0.6) is 11.5 Å². The second-order valence-corrected chi connectivity index (χ2v) is 7.81. The van der Waals surface area contributed by atoms with Gasteiger partial charge in [-0.2, -0.15) is 5.10 Å². The van der Waals surface area contributed by atoms with Crippen LogP contribution in [0, 0.1) is 0 Å². The lowest BCUT2D eigenvalue weighted by Gasteiger charge is -2.31. The molecule has 1 aromatic heterocycles. The van der Waals surface area contributed by atoms with E-state index in [1.807, 2.05) is 13.0 Å². The van der Waals surface area contributed by atoms with Crippen LogP contribution in [0.3, 0.4) is 0 Å². The van der Waals surface area contributed by atoms with Crippen LogP contribution < -0.4 is 20.3 Å². The second kappa shape index (κ2) is 8.27. The maximum absolute atomic E-state index is 12.7. The average Bonchev–Trinajstić information content (AvgIpc) is 3.23. The highest BCUT2D eigenvalue weighted by Gasteiger charge is 2.37. The zero-order valence-corrected chi connectivity index (χ0v) is 16.8. The van der Waals surface area contributed by atoms with E-state index in [4.69, 9.17) is 9.47 Å². The van der Waals surface area contributed by atoms with Gasteiger partial charge < -0.3 is 14.8 Å². The summed E-state index contributed by atoms with van der Waals surface area (Å²) in [5.74, 6) is 1.30. The van der Waals surface area contributed by atoms with Crippen molar-refractivity contribution < 1.29 is 14.3 Å². The third-order valence-corrected chi connectivity index (χ3v) is 5.84. The number of carbonyl (C=O) groups excluding carboxylic acids is 1. The van der Waals surface area contributed by atoms with Crippen LogP contribution in [-0.4, -0.2) is 35.4 Å². The summed E-state index contributed by atoms with van der Waals surface area (Å²) >= 11 is 0. The highest BCUT2D eigenvalue weighted by atomic mass is 16.6. The molecule has 29 heavy (non-hydrogen) atoms. The van der Waals surface area contributed by atoms with Gasteiger partial charge in [-0.25, -0.2) is 4.68 Å². The number of nitrogens with zero attached hydrogens (tertiary/aromatic N) is 2. The molecule has 7 nitrogen and oxygen atoms in total. The SMILES string of the molecule is CCCn1nc(C(=O)NCC2(c3ccc4c(c3)OCCO4)CCCC2)ccc1=O. The first kappa shape index (κ1) is 19.5. The number of ether oxygens (including phenoxy) is 2. The summed E-state index contributed by atoms with van der Waals surface area (Å²) in [6, 6.07) is 9.02. The van der Waals surface area contributed by atoms with E-state index < -0.39 is 0 Å². The Balaban J connectivity index is 1.52. The Kier molecular flexibility index (Phi) is 5.56. The molecule has 1 aliphatic carbocycles. The van der Waals surface area contributed by atoms with Crippen LogP contribution >= 0.6 is 0 Å². The van der Waals surface area contributed by atoms with Crippen LogP contribution in [0.25, 0.3) is 0 Å². The molecule has 154 valence electrons. The summed E-state index contributed by atoms with van der Waals surface area (Å²) in [4.78, 5) is 24.6. The molecular weight excluding hydrogens is 370 g/mol. The topological polar surface area (TPSA) is 82.5 Å². The van der Waals surface area contributed by atoms with Gasteiger partial charge in [0.05, 0.1) is 0 Å². The molecule has 2 aromatic rings. The minimum absolute atomic E-state index is 0.122. The number of fused-ring (bicyclic) bond motifs is 1. The summed E-state index contributed by atoms with van der Waals surface area (Å²) in [7, 11) is 0. The molecule has 1 aliphatic heterocycles. The van der Waals surface area contributed by atoms with Crippen LogP contribution in [0.1, 0.15) is 55.1 Å². The van der Waals surface area contributed by atoms with E-state index in [0.29, 0.717) is 26.3 Å². The van der Waals surface area contributed by atoms with Gasteiger partial charge in [-0.1, -0.05) is 25.8 Å². The molecule has 4 rings (SSSR count). The highest BCUT2D eigenvalue weighted by molar-refractivity contribution is 5.92. The van der Waals surface area contributed by atoms with Gasteiger partial charge in [0.15, 0.2) is 11.5 Å². The molecular formula is C22H27N3O4. The third kappa shape index (κ3) is 3.99. The lowest BCUT2D eigenvalue weighted by atomic mass is 9.78. The number of hydrogen-bond donors (Lipinski definition) is 1. The lowest BCUT2D eigenvalue weighted by Crippen LogP contribution is -2.40. The molecule has 0 unspecified atom stereocenters. The van der Waals surface area contributed by atoms with Gasteiger partial charge in [0.25, 0.3) is 11.5 Å². The number of carbonyl (C=O) groups is 1. The normalized spacial score (nSPS) is 17.1. The molecule has 1 aromatic carbocycles. The first-order valence-electron chi connectivity index (χ1n) is 10.4. The minimum atomic E-state index is -0.251. The smallest absolute Gasteiger partial charge is 0.271 e. The quantitative estimate of drug-likeness (QED) is 0.810. The summed E-state index contributed by atoms with van der Waals surface area (Å²) in [6.07, 6.45) is 5.06. The van der Waals surface area contributed by atoms with E-state index in [0.717, 1.165) is 43.6 Å². The van der Waals surface area contributed by atoms with E-state index >= 15 is 0 Å². The molecule has 0 radical (unpaired) electrons. The summed E-state index contributed by atoms with van der Waals surface area (Å²) in [5.41, 5.74) is 1.13. The summed E-state index contributed by atoms with van der Waals surface area (Å²) in [5, 5.41) is 7.28. The van der Waals surface area contributed by atoms with Gasteiger partial charge in [0, 0.05) is 24.6 Å². The molecule has 0 atom stereocenters. The van der Waals surface area contributed by atoms with Crippen molar-refractivity contribution in [1.82, 2.24) is 15.1 Å². The number of benzene rings is 1. The number of aryl methyl sites for hydroxylation is 1. The van der Waals surface area contributed by atoms with E-state index in [1.54, 1.807) is 0 Å². The zero-order chi connectivity index (χ0) is 20.3. The molecule has 0 bridgehead atoms. The Morgan fingerprint density at radius 3 is 2.66 bits per heavy atom. The number of rotatable bonds is 6. The van der Waals surface area contributed by atoms with E-state index in [2.05, 4.69) is 22.5 Å². The van der Waals surface area contributed by atoms with Crippen molar-refractivity contribution in [3.05, 3.63) is 51.9 Å². The fourth-order valence-electron chi connectivity index (χ4n) is 4.27. The molecule has 1 amide bonds. The molecule has 2 heterocycles. The monoisotopic (exact) mass is 397 g/mol. The Morgan fingerprint density at radius 1 is 1.14 bits per heavy atom. The van der Waals surface area contributed by atoms with Gasteiger partial charge >= 0.3 is 0 Å². The zero-order valence-electron chi connectivity index (χ0n) is 16.8. The summed E-state index contributed by atoms with van der Waals surface area (Å²) in [6.45, 7) is 4.12. The lowest BCUT2D eigenvalue weighted by molar-refractivity contribution is 0.0935. The standard InChI is InChI=1S/C22H27N3O4/c1-2-11-25-20(26)8-6-17(24-25)21(27)23-15-22(9-3-4-10-22)16-5-7-18-19(14-16)29-13-12-28-18/h5-8,14H,2-4,9-13,15H2,1H3,(H,23,27). The predicted octanol–water partition coefficient (Wildman–Crippen LogP) is 2.67. The van der Waals surface area contributed by atoms with E-state index in [-0.39, 0.29) is 22.6 Å². The molecule has 1 saturated carbocycles. The van der Waals surface area contributed by atoms with Crippen molar-refractivity contribution >= 4 is 5.91 Å². The highest BCUT2D eigenvalue weighted by Crippen LogP contribution is 2.43. The van der Waals surface area contributed by atoms with Gasteiger partial charge in [0.1, 0.15) is 18.9 Å². The Hall–Kier alpha value is -2.83. The van der Waals surface area contributed by atoms with Crippen molar-refractivity contribution in [2.75, 3.05) is 19.8 Å². The number of amides is 1. The third-order valence-electron chi connectivity index (χ3n) is 5.84. The molecule has 1 N–H and O–H groups in total. The van der Waals surface area contributed by atoms with Crippen molar-refractivity contribution in [3.8, 4) is 11.5 Å². The average molecular weight is 397 g/mol. The summed E-state index contributed by atoms with van der Waals surface area (Å²) < 4.78 is 12.7. The second-order valence-electron chi connectivity index (χ2n) is 7.81. The van der Waals surface area contributed by atoms with E-state index in [1.165, 1.54) is 22.4 Å². The van der Waals surface area contributed by atoms with Crippen molar-refractivity contribution in [3.63, 3.8) is 0 Å². The van der Waals surface area contributed by atoms with Crippen LogP contribution in [0.2, 0.25) is 0 Å². The molecule has 1 fully saturated rings. The molecule has 2 aliphatic rings. The van der Waals surface area contributed by atoms with Crippen molar-refractivity contribution in [2.24, 2.45) is 0 Å². The predicted molar refractivity (Wildman–Crippen MR) is 109 cm³/mol. The minimum Gasteiger partial charge on any atom is -0.486 e. The van der Waals surface area contributed by atoms with Crippen LogP contribution in [-0.2, 0) is 12.0 Å². The fraction of sp³-hybridized carbons (Fsp3) is 0.500. The van der Waals surface area contributed by atoms with Gasteiger partial charge in [0.2, 0.25) is 0 Å². The number of nitrogens with one attached hydrogen (secondary N) is 1. The maximum atomic E-state index is 12.7. The Morgan fingerprint density at radius 2 is 1.90 bits per heavy atom. The molecule has 7 heteroatoms. The first-order valence-corrected chi connectivity index (χ1v) is 10.4. The molecule has 0 saturated heterocycles. The van der Waals surface area contributed by atoms with Crippen molar-refractivity contribution in [2.45, 2.75) is 51.0 Å². The van der Waals surface area contributed by atoms with Gasteiger partial charge in [-0.05, 0) is 43.0 Å². The fourth-order valence-corrected chi connectivity index (χ4v) is 4.27. The van der Waals surface area contributed by atoms with Crippen LogP contribution in [0.4, 0.5) is 0 Å². The van der Waals surface area contributed by atoms with Gasteiger partial charge in [-0.3, -0.25) is 9.59 Å². The van der Waals surface area contributed by atoms with Gasteiger partial charge in [-0.15, -0.1) is 0 Å². The number of hydrogen-bond acceptors (Lipinski definition) is 5. The largest absolute Gasteiger partial charge is 0.486 e. The first-order chi connectivity index (χ1) is 14.1. The molecule has 0 spiro atoms. The number of aromatic nitrogens is 2.